The van der Waals surface area contributed by atoms with Gasteiger partial charge in [-0.15, -0.1) is 0 Å². The molecule has 0 radical (unpaired) electrons. The van der Waals surface area contributed by atoms with Crippen molar-refractivity contribution in [3.8, 4) is 5.75 Å². The lowest BCUT2D eigenvalue weighted by molar-refractivity contribution is 0.0916. The molecular formula is C14H21ClN2O2. The molecule has 1 aromatic carbocycles. The molecule has 0 aromatic heterocycles. The molecule has 0 aliphatic rings. The van der Waals surface area contributed by atoms with E-state index in [0.717, 1.165) is 6.54 Å². The first-order valence-corrected chi connectivity index (χ1v) is 6.63. The monoisotopic (exact) mass is 284 g/mol. The minimum atomic E-state index is -0.263. The molecule has 0 spiro atoms. The molecule has 1 unspecified atom stereocenters. The van der Waals surface area contributed by atoms with Crippen LogP contribution in [-0.4, -0.2) is 42.6 Å². The largest absolute Gasteiger partial charge is 0.508 e. The van der Waals surface area contributed by atoms with Crippen LogP contribution >= 0.6 is 11.6 Å². The summed E-state index contributed by atoms with van der Waals surface area (Å²) in [6, 6.07) is 4.38. The van der Waals surface area contributed by atoms with E-state index >= 15 is 0 Å². The Bertz CT molecular complexity index is 447. The van der Waals surface area contributed by atoms with Crippen LogP contribution in [0.4, 0.5) is 0 Å². The van der Waals surface area contributed by atoms with Gasteiger partial charge in [0.2, 0.25) is 0 Å². The maximum Gasteiger partial charge on any atom is 0.253 e. The lowest BCUT2D eigenvalue weighted by Gasteiger charge is -2.25. The number of nitrogens with one attached hydrogen (secondary N) is 1. The second kappa shape index (κ2) is 6.78. The van der Waals surface area contributed by atoms with Gasteiger partial charge in [0.05, 0.1) is 10.6 Å². The van der Waals surface area contributed by atoms with E-state index in [0.29, 0.717) is 16.5 Å². The number of aromatic hydroxyl groups is 1. The Morgan fingerprint density at radius 2 is 2.05 bits per heavy atom. The van der Waals surface area contributed by atoms with E-state index in [1.165, 1.54) is 18.2 Å². The molecule has 0 saturated carbocycles. The normalized spacial score (nSPS) is 12.8. The summed E-state index contributed by atoms with van der Waals surface area (Å²) < 4.78 is 0. The number of rotatable bonds is 5. The number of halogens is 1. The second-order valence-electron chi connectivity index (χ2n) is 5.25. The molecule has 0 aliphatic heterocycles. The molecule has 0 bridgehead atoms. The van der Waals surface area contributed by atoms with Crippen molar-refractivity contribution in [3.63, 3.8) is 0 Å². The predicted octanol–water partition coefficient (Wildman–Crippen LogP) is 2.36. The van der Waals surface area contributed by atoms with Crippen LogP contribution in [-0.2, 0) is 0 Å². The number of carbonyl (C=O) groups is 1. The lowest BCUT2D eigenvalue weighted by atomic mass is 10.0. The van der Waals surface area contributed by atoms with Gasteiger partial charge in [-0.2, -0.15) is 0 Å². The van der Waals surface area contributed by atoms with Gasteiger partial charge in [-0.3, -0.25) is 4.79 Å². The van der Waals surface area contributed by atoms with Crippen LogP contribution < -0.4 is 5.32 Å². The van der Waals surface area contributed by atoms with Gasteiger partial charge in [0.25, 0.3) is 5.91 Å². The molecule has 0 fully saturated rings. The number of phenolic OH excluding ortho intramolecular Hbond substituents is 1. The zero-order valence-electron chi connectivity index (χ0n) is 11.8. The lowest BCUT2D eigenvalue weighted by Crippen LogP contribution is -2.45. The molecule has 1 atom stereocenters. The van der Waals surface area contributed by atoms with Gasteiger partial charge >= 0.3 is 0 Å². The van der Waals surface area contributed by atoms with Crippen molar-refractivity contribution in [3.05, 3.63) is 28.8 Å². The minimum absolute atomic E-state index is 0.0286. The first-order valence-electron chi connectivity index (χ1n) is 6.25. The van der Waals surface area contributed by atoms with Crippen LogP contribution in [0.5, 0.6) is 5.75 Å². The summed E-state index contributed by atoms with van der Waals surface area (Å²) in [7, 11) is 3.92. The third-order valence-corrected chi connectivity index (χ3v) is 3.21. The fraction of sp³-hybridized carbons (Fsp3) is 0.500. The van der Waals surface area contributed by atoms with E-state index in [1.54, 1.807) is 0 Å². The highest BCUT2D eigenvalue weighted by Crippen LogP contribution is 2.21. The predicted molar refractivity (Wildman–Crippen MR) is 77.8 cm³/mol. The molecule has 1 amide bonds. The van der Waals surface area contributed by atoms with Gasteiger partial charge in [0.15, 0.2) is 0 Å². The van der Waals surface area contributed by atoms with Crippen molar-refractivity contribution in [2.45, 2.75) is 19.9 Å². The zero-order chi connectivity index (χ0) is 14.6. The van der Waals surface area contributed by atoms with Gasteiger partial charge < -0.3 is 15.3 Å². The van der Waals surface area contributed by atoms with Crippen molar-refractivity contribution in [1.82, 2.24) is 10.2 Å². The van der Waals surface area contributed by atoms with Crippen molar-refractivity contribution in [1.29, 1.82) is 0 Å². The van der Waals surface area contributed by atoms with Crippen molar-refractivity contribution < 1.29 is 9.90 Å². The quantitative estimate of drug-likeness (QED) is 0.873. The maximum absolute atomic E-state index is 12.2. The molecule has 1 rings (SSSR count). The van der Waals surface area contributed by atoms with Gasteiger partial charge in [-0.05, 0) is 38.2 Å². The highest BCUT2D eigenvalue weighted by Gasteiger charge is 2.19. The Morgan fingerprint density at radius 1 is 1.42 bits per heavy atom. The van der Waals surface area contributed by atoms with Gasteiger partial charge in [-0.25, -0.2) is 0 Å². The van der Waals surface area contributed by atoms with Crippen molar-refractivity contribution in [2.24, 2.45) is 5.92 Å². The molecule has 5 heteroatoms. The number of amides is 1. The molecular weight excluding hydrogens is 264 g/mol. The highest BCUT2D eigenvalue weighted by atomic mass is 35.5. The molecule has 0 saturated heterocycles. The highest BCUT2D eigenvalue weighted by molar-refractivity contribution is 6.33. The van der Waals surface area contributed by atoms with Crippen molar-refractivity contribution in [2.75, 3.05) is 20.6 Å². The summed E-state index contributed by atoms with van der Waals surface area (Å²) in [6.45, 7) is 4.86. The first kappa shape index (κ1) is 15.8. The average Bonchev–Trinajstić information content (AvgIpc) is 2.30. The SMILES string of the molecule is CC(C)C(CN(C)C)NC(=O)c1cc(O)ccc1Cl. The van der Waals surface area contributed by atoms with Crippen molar-refractivity contribution >= 4 is 17.5 Å². The molecule has 19 heavy (non-hydrogen) atoms. The van der Waals surface area contributed by atoms with E-state index < -0.39 is 0 Å². The number of nitrogens with zero attached hydrogens (tertiary/aromatic N) is 1. The Labute approximate surface area is 119 Å². The third kappa shape index (κ3) is 4.73. The standard InChI is InChI=1S/C14H21ClN2O2/c1-9(2)13(8-17(3)4)16-14(19)11-7-10(18)5-6-12(11)15/h5-7,9,13,18H,8H2,1-4H3,(H,16,19). The van der Waals surface area contributed by atoms with Crippen LogP contribution in [0.2, 0.25) is 5.02 Å². The Morgan fingerprint density at radius 3 is 2.58 bits per heavy atom. The average molecular weight is 285 g/mol. The fourth-order valence-electron chi connectivity index (χ4n) is 1.75. The second-order valence-corrected chi connectivity index (χ2v) is 5.66. The number of benzene rings is 1. The van der Waals surface area contributed by atoms with Crippen LogP contribution in [0, 0.1) is 5.92 Å². The summed E-state index contributed by atoms with van der Waals surface area (Å²) in [5.41, 5.74) is 0.297. The summed E-state index contributed by atoms with van der Waals surface area (Å²) in [5.74, 6) is 0.0761. The Balaban J connectivity index is 2.84. The summed E-state index contributed by atoms with van der Waals surface area (Å²) >= 11 is 5.98. The number of hydrogen-bond donors (Lipinski definition) is 2. The van der Waals surface area contributed by atoms with Crippen LogP contribution in [0.15, 0.2) is 18.2 Å². The number of hydrogen-bond acceptors (Lipinski definition) is 3. The molecule has 0 heterocycles. The first-order chi connectivity index (χ1) is 8.81. The van der Waals surface area contributed by atoms with Gasteiger partial charge in [0, 0.05) is 12.6 Å². The number of carbonyl (C=O) groups excluding carboxylic acids is 1. The molecule has 1 aromatic rings. The fourth-order valence-corrected chi connectivity index (χ4v) is 1.95. The minimum Gasteiger partial charge on any atom is -0.508 e. The molecule has 0 aliphatic carbocycles. The molecule has 2 N–H and O–H groups in total. The van der Waals surface area contributed by atoms with E-state index in [2.05, 4.69) is 19.2 Å². The third-order valence-electron chi connectivity index (χ3n) is 2.88. The summed E-state index contributed by atoms with van der Waals surface area (Å²) in [4.78, 5) is 14.2. The van der Waals surface area contributed by atoms with E-state index in [-0.39, 0.29) is 17.7 Å². The topological polar surface area (TPSA) is 52.6 Å². The number of phenols is 1. The van der Waals surface area contributed by atoms with Crippen LogP contribution in [0.1, 0.15) is 24.2 Å². The van der Waals surface area contributed by atoms with Crippen LogP contribution in [0.3, 0.4) is 0 Å². The van der Waals surface area contributed by atoms with E-state index in [4.69, 9.17) is 11.6 Å². The maximum atomic E-state index is 12.2. The summed E-state index contributed by atoms with van der Waals surface area (Å²) in [6.07, 6.45) is 0. The van der Waals surface area contributed by atoms with E-state index in [1.807, 2.05) is 19.0 Å². The molecule has 106 valence electrons. The summed E-state index contributed by atoms with van der Waals surface area (Å²) in [5, 5.41) is 12.7. The number of likely N-dealkylation sites (N-methyl/N-ethyl adjacent to an activating group) is 1. The molecule has 4 nitrogen and oxygen atoms in total. The van der Waals surface area contributed by atoms with Crippen LogP contribution in [0.25, 0.3) is 0 Å². The van der Waals surface area contributed by atoms with E-state index in [9.17, 15) is 9.90 Å². The Hall–Kier alpha value is -1.26. The van der Waals surface area contributed by atoms with Gasteiger partial charge in [-0.1, -0.05) is 25.4 Å². The smallest absolute Gasteiger partial charge is 0.253 e. The Kier molecular flexibility index (Phi) is 5.63. The zero-order valence-corrected chi connectivity index (χ0v) is 12.5. The van der Waals surface area contributed by atoms with Gasteiger partial charge in [0.1, 0.15) is 5.75 Å².